The zero-order valence-electron chi connectivity index (χ0n) is 7.15. The molecular formula is C10H16. The summed E-state index contributed by atoms with van der Waals surface area (Å²) in [6, 6.07) is 0. The molecule has 0 heteroatoms. The smallest absolute Gasteiger partial charge is 0.0132 e. The monoisotopic (exact) mass is 136 g/mol. The van der Waals surface area contributed by atoms with Gasteiger partial charge in [-0.05, 0) is 11.0 Å². The van der Waals surface area contributed by atoms with Gasteiger partial charge in [-0.25, -0.2) is 0 Å². The van der Waals surface area contributed by atoms with E-state index in [0.717, 1.165) is 0 Å². The molecule has 0 saturated carbocycles. The Morgan fingerprint density at radius 1 is 1.20 bits per heavy atom. The molecule has 0 radical (unpaired) electrons. The molecule has 0 aliphatic heterocycles. The van der Waals surface area contributed by atoms with Gasteiger partial charge in [0.15, 0.2) is 0 Å². The minimum Gasteiger partial charge on any atom is -0.0991 e. The topological polar surface area (TPSA) is 0 Å². The minimum atomic E-state index is 0.190. The first-order chi connectivity index (χ1) is 4.52. The fourth-order valence-corrected chi connectivity index (χ4v) is 0.751. The van der Waals surface area contributed by atoms with Crippen LogP contribution in [-0.4, -0.2) is 0 Å². The van der Waals surface area contributed by atoms with Gasteiger partial charge in [-0.1, -0.05) is 52.2 Å². The summed E-state index contributed by atoms with van der Waals surface area (Å²) in [5, 5.41) is 0. The van der Waals surface area contributed by atoms with Gasteiger partial charge in [0.05, 0.1) is 0 Å². The summed E-state index contributed by atoms with van der Waals surface area (Å²) in [5.74, 6) is 0. The van der Waals surface area contributed by atoms with Gasteiger partial charge in [-0.15, -0.1) is 0 Å². The van der Waals surface area contributed by atoms with Gasteiger partial charge in [0.1, 0.15) is 0 Å². The lowest BCUT2D eigenvalue weighted by molar-refractivity contribution is 0.517. The number of hydrogen-bond donors (Lipinski definition) is 0. The lowest BCUT2D eigenvalue weighted by Crippen LogP contribution is -2.06. The second-order valence-electron chi connectivity index (χ2n) is 3.31. The van der Waals surface area contributed by atoms with Crippen molar-refractivity contribution >= 4 is 0 Å². The molecule has 0 aromatic heterocycles. The van der Waals surface area contributed by atoms with Crippen LogP contribution < -0.4 is 0 Å². The van der Waals surface area contributed by atoms with Crippen molar-refractivity contribution in [2.75, 3.05) is 0 Å². The average Bonchev–Trinajstić information content (AvgIpc) is 1.80. The van der Waals surface area contributed by atoms with Crippen molar-refractivity contribution in [3.05, 3.63) is 37.0 Å². The highest BCUT2D eigenvalue weighted by atomic mass is 14.2. The van der Waals surface area contributed by atoms with Crippen LogP contribution in [0.5, 0.6) is 0 Å². The molecule has 0 heterocycles. The average molecular weight is 136 g/mol. The predicted molar refractivity (Wildman–Crippen MR) is 47.9 cm³/mol. The Morgan fingerprint density at radius 2 is 1.70 bits per heavy atom. The first kappa shape index (κ1) is 9.22. The Bertz CT molecular complexity index is 153. The van der Waals surface area contributed by atoms with Crippen LogP contribution in [0.15, 0.2) is 37.0 Å². The largest absolute Gasteiger partial charge is 0.0991 e. The molecule has 0 aliphatic rings. The van der Waals surface area contributed by atoms with E-state index >= 15 is 0 Å². The Kier molecular flexibility index (Phi) is 3.14. The first-order valence-electron chi connectivity index (χ1n) is 3.48. The van der Waals surface area contributed by atoms with Gasteiger partial charge in [0, 0.05) is 0 Å². The van der Waals surface area contributed by atoms with Crippen molar-refractivity contribution in [3.63, 3.8) is 0 Å². The van der Waals surface area contributed by atoms with Crippen LogP contribution in [-0.2, 0) is 0 Å². The van der Waals surface area contributed by atoms with Crippen LogP contribution in [0.4, 0.5) is 0 Å². The summed E-state index contributed by atoms with van der Waals surface area (Å²) in [7, 11) is 0. The second kappa shape index (κ2) is 3.40. The number of rotatable bonds is 2. The molecule has 10 heavy (non-hydrogen) atoms. The molecule has 0 nitrogen and oxygen atoms in total. The van der Waals surface area contributed by atoms with Gasteiger partial charge in [0.2, 0.25) is 0 Å². The molecular weight excluding hydrogens is 120 g/mol. The SMILES string of the molecule is C=C/C=C(\C=C)C(C)(C)C. The number of hydrogen-bond acceptors (Lipinski definition) is 0. The highest BCUT2D eigenvalue weighted by Gasteiger charge is 2.12. The van der Waals surface area contributed by atoms with E-state index in [-0.39, 0.29) is 5.41 Å². The molecule has 0 aliphatic carbocycles. The summed E-state index contributed by atoms with van der Waals surface area (Å²) in [5.41, 5.74) is 1.41. The van der Waals surface area contributed by atoms with Gasteiger partial charge in [0.25, 0.3) is 0 Å². The Balaban J connectivity index is 4.51. The molecule has 0 aromatic carbocycles. The third-order valence-electron chi connectivity index (χ3n) is 1.38. The summed E-state index contributed by atoms with van der Waals surface area (Å²) in [4.78, 5) is 0. The summed E-state index contributed by atoms with van der Waals surface area (Å²) >= 11 is 0. The Hall–Kier alpha value is -0.780. The van der Waals surface area contributed by atoms with Crippen LogP contribution in [0, 0.1) is 5.41 Å². The third-order valence-corrected chi connectivity index (χ3v) is 1.38. The summed E-state index contributed by atoms with van der Waals surface area (Å²) in [6.45, 7) is 13.8. The fourth-order valence-electron chi connectivity index (χ4n) is 0.751. The lowest BCUT2D eigenvalue weighted by Gasteiger charge is -2.19. The highest BCUT2D eigenvalue weighted by Crippen LogP contribution is 2.25. The molecule has 0 aromatic rings. The maximum atomic E-state index is 3.73. The van der Waals surface area contributed by atoms with Crippen molar-refractivity contribution < 1.29 is 0 Å². The van der Waals surface area contributed by atoms with Crippen molar-refractivity contribution in [1.29, 1.82) is 0 Å². The molecule has 0 spiro atoms. The Morgan fingerprint density at radius 3 is 1.80 bits per heavy atom. The molecule has 0 saturated heterocycles. The van der Waals surface area contributed by atoms with Crippen LogP contribution in [0.2, 0.25) is 0 Å². The molecule has 0 rings (SSSR count). The van der Waals surface area contributed by atoms with Gasteiger partial charge in [-0.3, -0.25) is 0 Å². The van der Waals surface area contributed by atoms with Crippen LogP contribution in [0.3, 0.4) is 0 Å². The first-order valence-corrected chi connectivity index (χ1v) is 3.48. The molecule has 0 N–H and O–H groups in total. The van der Waals surface area contributed by atoms with E-state index in [1.54, 1.807) is 6.08 Å². The maximum absolute atomic E-state index is 3.73. The van der Waals surface area contributed by atoms with Gasteiger partial charge >= 0.3 is 0 Å². The normalized spacial score (nSPS) is 12.9. The van der Waals surface area contributed by atoms with E-state index in [9.17, 15) is 0 Å². The van der Waals surface area contributed by atoms with Gasteiger partial charge < -0.3 is 0 Å². The number of allylic oxidation sites excluding steroid dienone is 4. The van der Waals surface area contributed by atoms with Crippen molar-refractivity contribution in [2.45, 2.75) is 20.8 Å². The fraction of sp³-hybridized carbons (Fsp3) is 0.400. The van der Waals surface area contributed by atoms with Crippen LogP contribution in [0.25, 0.3) is 0 Å². The summed E-state index contributed by atoms with van der Waals surface area (Å²) < 4.78 is 0. The molecule has 0 amide bonds. The quantitative estimate of drug-likeness (QED) is 0.511. The summed E-state index contributed by atoms with van der Waals surface area (Å²) in [6.07, 6.45) is 5.66. The minimum absolute atomic E-state index is 0.190. The molecule has 56 valence electrons. The van der Waals surface area contributed by atoms with Crippen molar-refractivity contribution in [3.8, 4) is 0 Å². The van der Waals surface area contributed by atoms with E-state index in [4.69, 9.17) is 0 Å². The van der Waals surface area contributed by atoms with E-state index in [1.165, 1.54) is 5.57 Å². The second-order valence-corrected chi connectivity index (χ2v) is 3.31. The zero-order chi connectivity index (χ0) is 8.20. The Labute approximate surface area is 64.0 Å². The van der Waals surface area contributed by atoms with Crippen molar-refractivity contribution in [2.24, 2.45) is 5.41 Å². The highest BCUT2D eigenvalue weighted by molar-refractivity contribution is 5.26. The molecule has 0 atom stereocenters. The third kappa shape index (κ3) is 2.67. The van der Waals surface area contributed by atoms with E-state index in [2.05, 4.69) is 33.9 Å². The van der Waals surface area contributed by atoms with Crippen molar-refractivity contribution in [1.82, 2.24) is 0 Å². The molecule has 0 bridgehead atoms. The molecule has 0 unspecified atom stereocenters. The van der Waals surface area contributed by atoms with Gasteiger partial charge in [-0.2, -0.15) is 0 Å². The zero-order valence-corrected chi connectivity index (χ0v) is 7.15. The maximum Gasteiger partial charge on any atom is -0.0132 e. The van der Waals surface area contributed by atoms with Crippen LogP contribution >= 0.6 is 0 Å². The predicted octanol–water partition coefficient (Wildman–Crippen LogP) is 3.33. The van der Waals surface area contributed by atoms with Crippen LogP contribution in [0.1, 0.15) is 20.8 Å². The van der Waals surface area contributed by atoms with E-state index in [1.807, 2.05) is 12.2 Å². The lowest BCUT2D eigenvalue weighted by atomic mass is 9.86. The van der Waals surface area contributed by atoms with E-state index < -0.39 is 0 Å². The standard InChI is InChI=1S/C10H16/c1-6-8-9(7-2)10(3,4)5/h6-8H,1-2H2,3-5H3/b9-8+. The van der Waals surface area contributed by atoms with E-state index in [0.29, 0.717) is 0 Å². The molecule has 0 fully saturated rings.